The van der Waals surface area contributed by atoms with Gasteiger partial charge in [-0.05, 0) is 43.2 Å². The van der Waals surface area contributed by atoms with Gasteiger partial charge in [0.2, 0.25) is 0 Å². The van der Waals surface area contributed by atoms with Gasteiger partial charge in [0.1, 0.15) is 12.4 Å². The van der Waals surface area contributed by atoms with E-state index in [0.29, 0.717) is 12.5 Å². The number of rotatable bonds is 4. The summed E-state index contributed by atoms with van der Waals surface area (Å²) in [5, 5.41) is 0.729. The molecular weight excluding hydrogens is 359 g/mol. The molecule has 4 heteroatoms. The molecule has 0 aliphatic carbocycles. The van der Waals surface area contributed by atoms with Gasteiger partial charge < -0.3 is 4.74 Å². The SMILES string of the molecule is Cc1ccc(COc2c(C)cc(Br)cc2CCl)c(Cl)c1. The van der Waals surface area contributed by atoms with Crippen LogP contribution in [0.3, 0.4) is 0 Å². The van der Waals surface area contributed by atoms with E-state index in [1.165, 1.54) is 0 Å². The van der Waals surface area contributed by atoms with Crippen LogP contribution in [0.1, 0.15) is 22.3 Å². The number of ether oxygens (including phenoxy) is 1. The van der Waals surface area contributed by atoms with Crippen LogP contribution in [0.5, 0.6) is 5.75 Å². The van der Waals surface area contributed by atoms with Gasteiger partial charge in [-0.3, -0.25) is 0 Å². The van der Waals surface area contributed by atoms with E-state index < -0.39 is 0 Å². The van der Waals surface area contributed by atoms with Gasteiger partial charge in [0.25, 0.3) is 0 Å². The summed E-state index contributed by atoms with van der Waals surface area (Å²) in [4.78, 5) is 0. The minimum atomic E-state index is 0.414. The molecule has 0 N–H and O–H groups in total. The molecule has 2 aromatic rings. The van der Waals surface area contributed by atoms with Gasteiger partial charge in [-0.2, -0.15) is 0 Å². The first kappa shape index (κ1) is 15.7. The third kappa shape index (κ3) is 3.69. The molecule has 0 aliphatic rings. The average molecular weight is 374 g/mol. The zero-order chi connectivity index (χ0) is 14.7. The first-order chi connectivity index (χ1) is 9.51. The maximum atomic E-state index is 6.22. The molecule has 0 saturated heterocycles. The Morgan fingerprint density at radius 1 is 1.10 bits per heavy atom. The molecule has 0 fully saturated rings. The summed E-state index contributed by atoms with van der Waals surface area (Å²) >= 11 is 15.7. The van der Waals surface area contributed by atoms with E-state index in [0.717, 1.165) is 37.5 Å². The van der Waals surface area contributed by atoms with Crippen molar-refractivity contribution in [1.82, 2.24) is 0 Å². The lowest BCUT2D eigenvalue weighted by atomic mass is 10.1. The first-order valence-electron chi connectivity index (χ1n) is 6.24. The van der Waals surface area contributed by atoms with Gasteiger partial charge in [-0.25, -0.2) is 0 Å². The van der Waals surface area contributed by atoms with Gasteiger partial charge in [-0.1, -0.05) is 39.7 Å². The summed E-state index contributed by atoms with van der Waals surface area (Å²) in [6, 6.07) is 9.96. The molecule has 0 heterocycles. The third-order valence-electron chi connectivity index (χ3n) is 3.04. The molecule has 0 unspecified atom stereocenters. The van der Waals surface area contributed by atoms with Crippen LogP contribution in [0.4, 0.5) is 0 Å². The van der Waals surface area contributed by atoms with Gasteiger partial charge in [0.05, 0.1) is 5.88 Å². The highest BCUT2D eigenvalue weighted by atomic mass is 79.9. The van der Waals surface area contributed by atoms with Crippen LogP contribution in [0.15, 0.2) is 34.8 Å². The minimum absolute atomic E-state index is 0.414. The van der Waals surface area contributed by atoms with Crippen LogP contribution in [0.2, 0.25) is 5.02 Å². The fourth-order valence-corrected chi connectivity index (χ4v) is 3.13. The van der Waals surface area contributed by atoms with Crippen molar-refractivity contribution in [2.45, 2.75) is 26.3 Å². The lowest BCUT2D eigenvalue weighted by Gasteiger charge is -2.14. The second-order valence-corrected chi connectivity index (χ2v) is 6.32. The number of alkyl halides is 1. The second kappa shape index (κ2) is 6.84. The van der Waals surface area contributed by atoms with E-state index >= 15 is 0 Å². The van der Waals surface area contributed by atoms with E-state index in [1.807, 2.05) is 44.2 Å². The van der Waals surface area contributed by atoms with Crippen LogP contribution < -0.4 is 4.74 Å². The molecule has 0 saturated carbocycles. The molecule has 0 radical (unpaired) electrons. The summed E-state index contributed by atoms with van der Waals surface area (Å²) in [5.41, 5.74) is 4.14. The van der Waals surface area contributed by atoms with Crippen molar-refractivity contribution in [1.29, 1.82) is 0 Å². The molecule has 106 valence electrons. The number of aryl methyl sites for hydroxylation is 2. The topological polar surface area (TPSA) is 9.23 Å². The zero-order valence-electron chi connectivity index (χ0n) is 11.3. The Morgan fingerprint density at radius 2 is 1.85 bits per heavy atom. The highest BCUT2D eigenvalue weighted by molar-refractivity contribution is 9.10. The van der Waals surface area contributed by atoms with Crippen LogP contribution in [-0.4, -0.2) is 0 Å². The fraction of sp³-hybridized carbons (Fsp3) is 0.250. The Morgan fingerprint density at radius 3 is 2.50 bits per heavy atom. The Balaban J connectivity index is 2.22. The largest absolute Gasteiger partial charge is 0.488 e. The Bertz CT molecular complexity index is 626. The van der Waals surface area contributed by atoms with Gasteiger partial charge >= 0.3 is 0 Å². The maximum absolute atomic E-state index is 6.22. The van der Waals surface area contributed by atoms with Crippen molar-refractivity contribution in [3.05, 3.63) is 62.1 Å². The molecular formula is C16H15BrCl2O. The molecule has 20 heavy (non-hydrogen) atoms. The second-order valence-electron chi connectivity index (χ2n) is 4.73. The number of hydrogen-bond acceptors (Lipinski definition) is 1. The molecule has 2 aromatic carbocycles. The van der Waals surface area contributed by atoms with Crippen molar-refractivity contribution in [2.24, 2.45) is 0 Å². The molecule has 2 rings (SSSR count). The van der Waals surface area contributed by atoms with Crippen LogP contribution in [0, 0.1) is 13.8 Å². The molecule has 0 aromatic heterocycles. The minimum Gasteiger partial charge on any atom is -0.488 e. The molecule has 0 atom stereocenters. The smallest absolute Gasteiger partial charge is 0.127 e. The fourth-order valence-electron chi connectivity index (χ4n) is 2.02. The van der Waals surface area contributed by atoms with Crippen LogP contribution in [0.25, 0.3) is 0 Å². The standard InChI is InChI=1S/C16H15BrCl2O/c1-10-3-4-12(15(19)5-10)9-20-16-11(2)6-14(17)7-13(16)8-18/h3-7H,8-9H2,1-2H3. The molecule has 1 nitrogen and oxygen atoms in total. The van der Waals surface area contributed by atoms with Crippen molar-refractivity contribution < 1.29 is 4.74 Å². The molecule has 0 aliphatic heterocycles. The number of benzene rings is 2. The lowest BCUT2D eigenvalue weighted by Crippen LogP contribution is -2.01. The number of hydrogen-bond donors (Lipinski definition) is 0. The summed E-state index contributed by atoms with van der Waals surface area (Å²) in [5.74, 6) is 1.25. The predicted molar refractivity (Wildman–Crippen MR) is 89.0 cm³/mol. The highest BCUT2D eigenvalue weighted by Crippen LogP contribution is 2.30. The molecule has 0 amide bonds. The summed E-state index contributed by atoms with van der Waals surface area (Å²) in [7, 11) is 0. The first-order valence-corrected chi connectivity index (χ1v) is 7.94. The van der Waals surface area contributed by atoms with E-state index in [4.69, 9.17) is 27.9 Å². The highest BCUT2D eigenvalue weighted by Gasteiger charge is 2.10. The van der Waals surface area contributed by atoms with Gasteiger partial charge in [0.15, 0.2) is 0 Å². The molecule has 0 bridgehead atoms. The Kier molecular flexibility index (Phi) is 5.36. The Labute approximate surface area is 138 Å². The van der Waals surface area contributed by atoms with E-state index in [9.17, 15) is 0 Å². The summed E-state index contributed by atoms with van der Waals surface area (Å²) in [6.07, 6.45) is 0. The van der Waals surface area contributed by atoms with Crippen molar-refractivity contribution in [3.63, 3.8) is 0 Å². The maximum Gasteiger partial charge on any atom is 0.127 e. The summed E-state index contributed by atoms with van der Waals surface area (Å²) < 4.78 is 6.94. The predicted octanol–water partition coefficient (Wildman–Crippen LogP) is 6.04. The summed E-state index contributed by atoms with van der Waals surface area (Å²) in [6.45, 7) is 4.46. The normalized spacial score (nSPS) is 10.7. The van der Waals surface area contributed by atoms with Crippen molar-refractivity contribution in [3.8, 4) is 5.75 Å². The molecule has 0 spiro atoms. The van der Waals surface area contributed by atoms with E-state index in [2.05, 4.69) is 15.9 Å². The van der Waals surface area contributed by atoms with Crippen LogP contribution >= 0.6 is 39.1 Å². The Hall–Kier alpha value is -0.700. The average Bonchev–Trinajstić information content (AvgIpc) is 2.38. The number of halogens is 3. The zero-order valence-corrected chi connectivity index (χ0v) is 14.4. The van der Waals surface area contributed by atoms with Gasteiger partial charge in [0, 0.05) is 20.6 Å². The van der Waals surface area contributed by atoms with E-state index in [1.54, 1.807) is 0 Å². The third-order valence-corrected chi connectivity index (χ3v) is 4.14. The van der Waals surface area contributed by atoms with Crippen molar-refractivity contribution >= 4 is 39.1 Å². The van der Waals surface area contributed by atoms with Crippen LogP contribution in [-0.2, 0) is 12.5 Å². The monoisotopic (exact) mass is 372 g/mol. The quantitative estimate of drug-likeness (QED) is 0.594. The van der Waals surface area contributed by atoms with Crippen molar-refractivity contribution in [2.75, 3.05) is 0 Å². The van der Waals surface area contributed by atoms with E-state index in [-0.39, 0.29) is 0 Å². The van der Waals surface area contributed by atoms with Gasteiger partial charge in [-0.15, -0.1) is 11.6 Å². The lowest BCUT2D eigenvalue weighted by molar-refractivity contribution is 0.301.